The van der Waals surface area contributed by atoms with Crippen molar-refractivity contribution in [1.29, 1.82) is 0 Å². The lowest BCUT2D eigenvalue weighted by Gasteiger charge is -2.11. The number of carbonyl (C=O) groups excluding carboxylic acids is 1. The van der Waals surface area contributed by atoms with Gasteiger partial charge in [-0.2, -0.15) is 0 Å². The first-order valence-electron chi connectivity index (χ1n) is 9.77. The molecule has 1 N–H and O–H groups in total. The van der Waals surface area contributed by atoms with Gasteiger partial charge in [0, 0.05) is 12.6 Å². The van der Waals surface area contributed by atoms with Crippen LogP contribution < -0.4 is 10.1 Å². The third kappa shape index (κ3) is 6.09. The summed E-state index contributed by atoms with van der Waals surface area (Å²) in [5, 5.41) is 11.7. The molecule has 3 rings (SSSR count). The quantitative estimate of drug-likeness (QED) is 0.436. The average molecular weight is 451 g/mol. The number of benzene rings is 1. The Morgan fingerprint density at radius 2 is 2.13 bits per heavy atom. The fraction of sp³-hybridized carbons (Fsp3) is 0.450. The number of nitrogens with one attached hydrogen (secondary N) is 1. The van der Waals surface area contributed by atoms with Gasteiger partial charge in [-0.05, 0) is 30.5 Å². The Morgan fingerprint density at radius 3 is 2.77 bits per heavy atom. The molecule has 1 unspecified atom stereocenters. The van der Waals surface area contributed by atoms with E-state index in [2.05, 4.69) is 29.0 Å². The average Bonchev–Trinajstić information content (AvgIpc) is 3.27. The highest BCUT2D eigenvalue weighted by Crippen LogP contribution is 2.20. The van der Waals surface area contributed by atoms with E-state index in [4.69, 9.17) is 4.74 Å². The molecule has 2 aromatic rings. The number of hydrogen-bond donors (Lipinski definition) is 1. The van der Waals surface area contributed by atoms with Crippen molar-refractivity contribution in [2.75, 3.05) is 17.3 Å². The highest BCUT2D eigenvalue weighted by Gasteiger charge is 2.29. The molecule has 0 aliphatic carbocycles. The predicted molar refractivity (Wildman–Crippen MR) is 116 cm³/mol. The Bertz CT molecular complexity index is 987. The summed E-state index contributed by atoms with van der Waals surface area (Å²) >= 11 is 1.25. The molecule has 2 heterocycles. The molecule has 0 bridgehead atoms. The molecule has 30 heavy (non-hydrogen) atoms. The molecule has 1 aliphatic rings. The van der Waals surface area contributed by atoms with Crippen molar-refractivity contribution in [2.24, 2.45) is 0 Å². The lowest BCUT2D eigenvalue weighted by Crippen LogP contribution is -2.36. The van der Waals surface area contributed by atoms with Crippen LogP contribution in [0.1, 0.15) is 24.7 Å². The standard InChI is InChI=1S/C20H26N4O4S2/c1-3-10-24-18(12-28-17-7-5-15(4-2)6-8-17)22-23-20(24)29-13-19(25)21-16-9-11-30(26,27)14-16/h3,5-8,16H,1,4,9-14H2,2H3,(H,21,25). The first-order valence-corrected chi connectivity index (χ1v) is 12.6. The second-order valence-corrected chi connectivity index (χ2v) is 10.2. The number of ether oxygens (including phenoxy) is 1. The maximum absolute atomic E-state index is 12.2. The van der Waals surface area contributed by atoms with Crippen LogP contribution in [-0.4, -0.2) is 52.4 Å². The molecule has 0 spiro atoms. The number of amides is 1. The van der Waals surface area contributed by atoms with Gasteiger partial charge in [-0.1, -0.05) is 36.9 Å². The normalized spacial score (nSPS) is 17.6. The second kappa shape index (κ2) is 10.1. The predicted octanol–water partition coefficient (Wildman–Crippen LogP) is 2.00. The SMILES string of the molecule is C=CCn1c(COc2ccc(CC)cc2)nnc1SCC(=O)NC1CCS(=O)(=O)C1. The molecular weight excluding hydrogens is 424 g/mol. The Labute approximate surface area is 181 Å². The summed E-state index contributed by atoms with van der Waals surface area (Å²) in [6, 6.07) is 7.60. The lowest BCUT2D eigenvalue weighted by molar-refractivity contribution is -0.119. The van der Waals surface area contributed by atoms with Gasteiger partial charge < -0.3 is 10.1 Å². The number of allylic oxidation sites excluding steroid dienone is 1. The van der Waals surface area contributed by atoms with Crippen LogP contribution in [0.25, 0.3) is 0 Å². The minimum Gasteiger partial charge on any atom is -0.486 e. The number of hydrogen-bond acceptors (Lipinski definition) is 7. The van der Waals surface area contributed by atoms with Gasteiger partial charge >= 0.3 is 0 Å². The van der Waals surface area contributed by atoms with E-state index in [1.807, 2.05) is 28.8 Å². The van der Waals surface area contributed by atoms with Crippen LogP contribution in [0.3, 0.4) is 0 Å². The molecule has 0 radical (unpaired) electrons. The summed E-state index contributed by atoms with van der Waals surface area (Å²) in [5.74, 6) is 1.44. The number of aryl methyl sites for hydroxylation is 1. The molecule has 8 nitrogen and oxygen atoms in total. The fourth-order valence-corrected chi connectivity index (χ4v) is 5.57. The van der Waals surface area contributed by atoms with Gasteiger partial charge in [0.1, 0.15) is 12.4 Å². The minimum absolute atomic E-state index is 0.0107. The van der Waals surface area contributed by atoms with Crippen LogP contribution >= 0.6 is 11.8 Å². The molecule has 1 fully saturated rings. The molecule has 162 valence electrons. The molecule has 1 saturated heterocycles. The zero-order valence-electron chi connectivity index (χ0n) is 16.9. The first-order chi connectivity index (χ1) is 14.4. The number of aromatic nitrogens is 3. The van der Waals surface area contributed by atoms with Crippen LogP contribution in [0, 0.1) is 0 Å². The van der Waals surface area contributed by atoms with Gasteiger partial charge in [0.05, 0.1) is 17.3 Å². The van der Waals surface area contributed by atoms with E-state index in [9.17, 15) is 13.2 Å². The first kappa shape index (κ1) is 22.4. The molecule has 1 aromatic heterocycles. The van der Waals surface area contributed by atoms with E-state index in [-0.39, 0.29) is 35.8 Å². The molecular formula is C20H26N4O4S2. The molecule has 10 heteroatoms. The van der Waals surface area contributed by atoms with Crippen LogP contribution in [0.4, 0.5) is 0 Å². The largest absolute Gasteiger partial charge is 0.486 e. The summed E-state index contributed by atoms with van der Waals surface area (Å²) < 4.78 is 30.7. The van der Waals surface area contributed by atoms with Crippen molar-refractivity contribution in [3.63, 3.8) is 0 Å². The summed E-state index contributed by atoms with van der Waals surface area (Å²) in [6.07, 6.45) is 3.17. The second-order valence-electron chi connectivity index (χ2n) is 7.04. The molecule has 1 aliphatic heterocycles. The van der Waals surface area contributed by atoms with Crippen molar-refractivity contribution in [3.05, 3.63) is 48.3 Å². The van der Waals surface area contributed by atoms with Crippen molar-refractivity contribution < 1.29 is 17.9 Å². The topological polar surface area (TPSA) is 103 Å². The summed E-state index contributed by atoms with van der Waals surface area (Å²) in [7, 11) is -3.03. The Balaban J connectivity index is 1.56. The molecule has 1 amide bonds. The van der Waals surface area contributed by atoms with Crippen molar-refractivity contribution in [1.82, 2.24) is 20.1 Å². The Hall–Kier alpha value is -2.33. The highest BCUT2D eigenvalue weighted by molar-refractivity contribution is 7.99. The Morgan fingerprint density at radius 1 is 1.37 bits per heavy atom. The van der Waals surface area contributed by atoms with E-state index in [0.717, 1.165) is 12.2 Å². The van der Waals surface area contributed by atoms with Gasteiger partial charge in [-0.3, -0.25) is 9.36 Å². The fourth-order valence-electron chi connectivity index (χ4n) is 3.12. The van der Waals surface area contributed by atoms with Crippen molar-refractivity contribution >= 4 is 27.5 Å². The zero-order chi connectivity index (χ0) is 21.6. The van der Waals surface area contributed by atoms with Crippen molar-refractivity contribution in [3.8, 4) is 5.75 Å². The smallest absolute Gasteiger partial charge is 0.230 e. The lowest BCUT2D eigenvalue weighted by atomic mass is 10.2. The van der Waals surface area contributed by atoms with Gasteiger partial charge in [0.15, 0.2) is 20.8 Å². The van der Waals surface area contributed by atoms with E-state index in [1.165, 1.54) is 17.3 Å². The van der Waals surface area contributed by atoms with Crippen molar-refractivity contribution in [2.45, 2.75) is 44.1 Å². The number of sulfone groups is 1. The van der Waals surface area contributed by atoms with Crippen LogP contribution in [-0.2, 0) is 34.2 Å². The maximum atomic E-state index is 12.2. The van der Waals surface area contributed by atoms with Crippen LogP contribution in [0.2, 0.25) is 0 Å². The number of carbonyl (C=O) groups is 1. The van der Waals surface area contributed by atoms with E-state index >= 15 is 0 Å². The summed E-state index contributed by atoms with van der Waals surface area (Å²) in [6.45, 7) is 6.61. The molecule has 1 aromatic carbocycles. The summed E-state index contributed by atoms with van der Waals surface area (Å²) in [4.78, 5) is 12.2. The summed E-state index contributed by atoms with van der Waals surface area (Å²) in [5.41, 5.74) is 1.24. The van der Waals surface area contributed by atoms with Gasteiger partial charge in [-0.15, -0.1) is 16.8 Å². The molecule has 0 saturated carbocycles. The number of thioether (sulfide) groups is 1. The zero-order valence-corrected chi connectivity index (χ0v) is 18.5. The van der Waals surface area contributed by atoms with Crippen LogP contribution in [0.5, 0.6) is 5.75 Å². The Kier molecular flexibility index (Phi) is 7.54. The van der Waals surface area contributed by atoms with E-state index in [1.54, 1.807) is 6.08 Å². The van der Waals surface area contributed by atoms with E-state index in [0.29, 0.717) is 23.9 Å². The van der Waals surface area contributed by atoms with E-state index < -0.39 is 9.84 Å². The third-order valence-corrected chi connectivity index (χ3v) is 7.47. The monoisotopic (exact) mass is 450 g/mol. The maximum Gasteiger partial charge on any atom is 0.230 e. The highest BCUT2D eigenvalue weighted by atomic mass is 32.2. The van der Waals surface area contributed by atoms with Gasteiger partial charge in [0.25, 0.3) is 0 Å². The third-order valence-electron chi connectivity index (χ3n) is 4.73. The minimum atomic E-state index is -3.03. The van der Waals surface area contributed by atoms with Gasteiger partial charge in [0.2, 0.25) is 5.91 Å². The number of rotatable bonds is 10. The van der Waals surface area contributed by atoms with Gasteiger partial charge in [-0.25, -0.2) is 8.42 Å². The van der Waals surface area contributed by atoms with Crippen LogP contribution in [0.15, 0.2) is 42.1 Å². The molecule has 1 atom stereocenters. The number of nitrogens with zero attached hydrogens (tertiary/aromatic N) is 3.